The van der Waals surface area contributed by atoms with Crippen LogP contribution in [0.2, 0.25) is 0 Å². The van der Waals surface area contributed by atoms with Crippen LogP contribution in [-0.4, -0.2) is 47.8 Å². The lowest BCUT2D eigenvalue weighted by Crippen LogP contribution is -2.47. The first-order chi connectivity index (χ1) is 10.1. The largest absolute Gasteiger partial charge is 0.340 e. The standard InChI is InChI=1S/C16H23N3O2/c1-3-16(21)17-15-6-4-14(5-7-15)12-18-8-10-19(11-9-18)13(2)20/h4-7H,3,8-12H2,1-2H3,(H,17,21). The number of nitrogens with one attached hydrogen (secondary N) is 1. The molecule has 1 aromatic rings. The van der Waals surface area contributed by atoms with Crippen LogP contribution in [0.25, 0.3) is 0 Å². The summed E-state index contributed by atoms with van der Waals surface area (Å²) in [7, 11) is 0. The quantitative estimate of drug-likeness (QED) is 0.918. The van der Waals surface area contributed by atoms with Gasteiger partial charge in [0.25, 0.3) is 0 Å². The van der Waals surface area contributed by atoms with E-state index >= 15 is 0 Å². The average Bonchev–Trinajstić information content (AvgIpc) is 2.49. The second-order valence-corrected chi connectivity index (χ2v) is 5.38. The van der Waals surface area contributed by atoms with Gasteiger partial charge in [-0.25, -0.2) is 0 Å². The normalized spacial score (nSPS) is 15.8. The van der Waals surface area contributed by atoms with Gasteiger partial charge in [-0.3, -0.25) is 14.5 Å². The molecular weight excluding hydrogens is 266 g/mol. The van der Waals surface area contributed by atoms with Gasteiger partial charge in [0.05, 0.1) is 0 Å². The Balaban J connectivity index is 1.84. The lowest BCUT2D eigenvalue weighted by atomic mass is 10.1. The molecule has 0 aromatic heterocycles. The average molecular weight is 289 g/mol. The molecule has 5 heteroatoms. The van der Waals surface area contributed by atoms with Crippen molar-refractivity contribution in [1.29, 1.82) is 0 Å². The van der Waals surface area contributed by atoms with Gasteiger partial charge in [0, 0.05) is 51.8 Å². The van der Waals surface area contributed by atoms with Crippen molar-refractivity contribution >= 4 is 17.5 Å². The molecule has 1 fully saturated rings. The van der Waals surface area contributed by atoms with E-state index in [0.717, 1.165) is 38.4 Å². The molecule has 5 nitrogen and oxygen atoms in total. The van der Waals surface area contributed by atoms with E-state index in [1.54, 1.807) is 6.92 Å². The molecule has 1 aliphatic heterocycles. The highest BCUT2D eigenvalue weighted by atomic mass is 16.2. The van der Waals surface area contributed by atoms with E-state index in [-0.39, 0.29) is 11.8 Å². The number of rotatable bonds is 4. The summed E-state index contributed by atoms with van der Waals surface area (Å²) in [4.78, 5) is 26.8. The number of benzene rings is 1. The fraction of sp³-hybridized carbons (Fsp3) is 0.500. The van der Waals surface area contributed by atoms with E-state index in [1.807, 2.05) is 36.1 Å². The molecule has 2 amide bonds. The van der Waals surface area contributed by atoms with Gasteiger partial charge in [0.2, 0.25) is 11.8 Å². The maximum Gasteiger partial charge on any atom is 0.224 e. The monoisotopic (exact) mass is 289 g/mol. The number of hydrogen-bond donors (Lipinski definition) is 1. The topological polar surface area (TPSA) is 52.7 Å². The molecule has 2 rings (SSSR count). The molecule has 0 unspecified atom stereocenters. The predicted octanol–water partition coefficient (Wildman–Crippen LogP) is 1.70. The van der Waals surface area contributed by atoms with Crippen LogP contribution < -0.4 is 5.32 Å². The van der Waals surface area contributed by atoms with Crippen LogP contribution in [0, 0.1) is 0 Å². The Morgan fingerprint density at radius 1 is 1.10 bits per heavy atom. The van der Waals surface area contributed by atoms with Crippen molar-refractivity contribution in [2.75, 3.05) is 31.5 Å². The van der Waals surface area contributed by atoms with Crippen LogP contribution in [0.3, 0.4) is 0 Å². The second-order valence-electron chi connectivity index (χ2n) is 5.38. The van der Waals surface area contributed by atoms with Gasteiger partial charge in [0.1, 0.15) is 0 Å². The summed E-state index contributed by atoms with van der Waals surface area (Å²) in [6, 6.07) is 7.97. The Kier molecular flexibility index (Phi) is 5.33. The molecule has 114 valence electrons. The number of carbonyl (C=O) groups is 2. The molecular formula is C16H23N3O2. The van der Waals surface area contributed by atoms with Crippen molar-refractivity contribution in [2.45, 2.75) is 26.8 Å². The smallest absolute Gasteiger partial charge is 0.224 e. The van der Waals surface area contributed by atoms with Gasteiger partial charge < -0.3 is 10.2 Å². The van der Waals surface area contributed by atoms with Crippen LogP contribution >= 0.6 is 0 Å². The maximum absolute atomic E-state index is 11.3. The van der Waals surface area contributed by atoms with Crippen LogP contribution in [-0.2, 0) is 16.1 Å². The Hall–Kier alpha value is -1.88. The van der Waals surface area contributed by atoms with Crippen molar-refractivity contribution in [3.8, 4) is 0 Å². The number of carbonyl (C=O) groups excluding carboxylic acids is 2. The van der Waals surface area contributed by atoms with Gasteiger partial charge in [-0.1, -0.05) is 19.1 Å². The van der Waals surface area contributed by atoms with Gasteiger partial charge in [-0.15, -0.1) is 0 Å². The summed E-state index contributed by atoms with van der Waals surface area (Å²) < 4.78 is 0. The summed E-state index contributed by atoms with van der Waals surface area (Å²) in [5.41, 5.74) is 2.06. The summed E-state index contributed by atoms with van der Waals surface area (Å²) in [6.07, 6.45) is 0.488. The molecule has 1 saturated heterocycles. The fourth-order valence-electron chi connectivity index (χ4n) is 2.42. The highest BCUT2D eigenvalue weighted by molar-refractivity contribution is 5.90. The third-order valence-electron chi connectivity index (χ3n) is 3.78. The number of amides is 2. The van der Waals surface area contributed by atoms with Crippen LogP contribution in [0.5, 0.6) is 0 Å². The minimum absolute atomic E-state index is 0.0307. The highest BCUT2D eigenvalue weighted by Crippen LogP contribution is 2.13. The molecule has 21 heavy (non-hydrogen) atoms. The predicted molar refractivity (Wildman–Crippen MR) is 82.9 cm³/mol. The molecule has 0 bridgehead atoms. The molecule has 1 aromatic carbocycles. The van der Waals surface area contributed by atoms with E-state index in [9.17, 15) is 9.59 Å². The molecule has 1 N–H and O–H groups in total. The van der Waals surface area contributed by atoms with Crippen molar-refractivity contribution in [1.82, 2.24) is 9.80 Å². The van der Waals surface area contributed by atoms with Crippen LogP contribution in [0.15, 0.2) is 24.3 Å². The Morgan fingerprint density at radius 3 is 2.24 bits per heavy atom. The molecule has 1 heterocycles. The Morgan fingerprint density at radius 2 is 1.71 bits per heavy atom. The molecule has 1 aliphatic rings. The summed E-state index contributed by atoms with van der Waals surface area (Å²) in [6.45, 7) is 7.78. The highest BCUT2D eigenvalue weighted by Gasteiger charge is 2.18. The number of anilines is 1. The Labute approximate surface area is 125 Å². The lowest BCUT2D eigenvalue weighted by molar-refractivity contribution is -0.130. The first-order valence-corrected chi connectivity index (χ1v) is 7.45. The van der Waals surface area contributed by atoms with E-state index in [4.69, 9.17) is 0 Å². The summed E-state index contributed by atoms with van der Waals surface area (Å²) >= 11 is 0. The van der Waals surface area contributed by atoms with Crippen molar-refractivity contribution < 1.29 is 9.59 Å². The lowest BCUT2D eigenvalue weighted by Gasteiger charge is -2.34. The zero-order chi connectivity index (χ0) is 15.2. The third kappa shape index (κ3) is 4.56. The minimum Gasteiger partial charge on any atom is -0.340 e. The van der Waals surface area contributed by atoms with E-state index < -0.39 is 0 Å². The first-order valence-electron chi connectivity index (χ1n) is 7.45. The number of nitrogens with zero attached hydrogens (tertiary/aromatic N) is 2. The fourth-order valence-corrected chi connectivity index (χ4v) is 2.42. The van der Waals surface area contributed by atoms with Crippen molar-refractivity contribution in [2.24, 2.45) is 0 Å². The van der Waals surface area contributed by atoms with Gasteiger partial charge in [0.15, 0.2) is 0 Å². The van der Waals surface area contributed by atoms with E-state index in [0.29, 0.717) is 6.42 Å². The van der Waals surface area contributed by atoms with Gasteiger partial charge in [-0.05, 0) is 17.7 Å². The summed E-state index contributed by atoms with van der Waals surface area (Å²) in [5.74, 6) is 0.189. The van der Waals surface area contributed by atoms with Crippen LogP contribution in [0.4, 0.5) is 5.69 Å². The van der Waals surface area contributed by atoms with Crippen molar-refractivity contribution in [3.05, 3.63) is 29.8 Å². The molecule has 0 atom stereocenters. The second kappa shape index (κ2) is 7.22. The molecule has 0 aliphatic carbocycles. The van der Waals surface area contributed by atoms with E-state index in [2.05, 4.69) is 10.2 Å². The first kappa shape index (κ1) is 15.5. The van der Waals surface area contributed by atoms with E-state index in [1.165, 1.54) is 5.56 Å². The third-order valence-corrected chi connectivity index (χ3v) is 3.78. The summed E-state index contributed by atoms with van der Waals surface area (Å²) in [5, 5.41) is 2.84. The number of piperazine rings is 1. The number of hydrogen-bond acceptors (Lipinski definition) is 3. The maximum atomic E-state index is 11.3. The van der Waals surface area contributed by atoms with Crippen molar-refractivity contribution in [3.63, 3.8) is 0 Å². The Bertz CT molecular complexity index is 491. The molecule has 0 radical (unpaired) electrons. The minimum atomic E-state index is 0.0307. The zero-order valence-electron chi connectivity index (χ0n) is 12.8. The SMILES string of the molecule is CCC(=O)Nc1ccc(CN2CCN(C(C)=O)CC2)cc1. The van der Waals surface area contributed by atoms with Crippen LogP contribution in [0.1, 0.15) is 25.8 Å². The molecule has 0 spiro atoms. The zero-order valence-corrected chi connectivity index (χ0v) is 12.8. The van der Waals surface area contributed by atoms with Gasteiger partial charge in [-0.2, -0.15) is 0 Å². The molecule has 0 saturated carbocycles. The van der Waals surface area contributed by atoms with Gasteiger partial charge >= 0.3 is 0 Å².